The van der Waals surface area contributed by atoms with Crippen molar-refractivity contribution in [1.29, 1.82) is 0 Å². The first kappa shape index (κ1) is 25.9. The predicted molar refractivity (Wildman–Crippen MR) is 146 cm³/mol. The summed E-state index contributed by atoms with van der Waals surface area (Å²) in [6, 6.07) is 15.2. The second-order valence-electron chi connectivity index (χ2n) is 7.27. The Balaban J connectivity index is 1.60. The van der Waals surface area contributed by atoms with Gasteiger partial charge in [0.1, 0.15) is 6.61 Å². The van der Waals surface area contributed by atoms with E-state index in [2.05, 4.69) is 15.9 Å². The van der Waals surface area contributed by atoms with Crippen LogP contribution in [0.5, 0.6) is 11.5 Å². The highest BCUT2D eigenvalue weighted by atomic mass is 79.9. The molecule has 0 spiro atoms. The zero-order valence-corrected chi connectivity index (χ0v) is 22.9. The molecule has 0 saturated carbocycles. The first-order valence-electron chi connectivity index (χ1n) is 10.3. The van der Waals surface area contributed by atoms with Crippen LogP contribution >= 0.6 is 62.5 Å². The minimum atomic E-state index is -0.412. The number of anilines is 1. The van der Waals surface area contributed by atoms with E-state index >= 15 is 0 Å². The first-order valence-corrected chi connectivity index (χ1v) is 13.1. The van der Waals surface area contributed by atoms with Crippen LogP contribution in [0.1, 0.15) is 18.1 Å². The molecule has 0 atom stereocenters. The molecule has 35 heavy (non-hydrogen) atoms. The molecule has 0 unspecified atom stereocenters. The lowest BCUT2D eigenvalue weighted by molar-refractivity contribution is -0.113. The Bertz CT molecular complexity index is 1330. The van der Waals surface area contributed by atoms with Gasteiger partial charge in [-0.15, -0.1) is 0 Å². The number of thioether (sulfide) groups is 1. The molecule has 1 saturated heterocycles. The van der Waals surface area contributed by atoms with Crippen molar-refractivity contribution in [1.82, 2.24) is 0 Å². The van der Waals surface area contributed by atoms with Gasteiger partial charge in [-0.25, -0.2) is 4.90 Å². The van der Waals surface area contributed by atoms with Crippen LogP contribution < -0.4 is 14.4 Å². The average Bonchev–Trinajstić information content (AvgIpc) is 3.09. The van der Waals surface area contributed by atoms with Crippen molar-refractivity contribution in [3.8, 4) is 11.5 Å². The number of carbonyl (C=O) groups is 2. The highest BCUT2D eigenvalue weighted by molar-refractivity contribution is 9.10. The summed E-state index contributed by atoms with van der Waals surface area (Å²) < 4.78 is 12.4. The fraction of sp³-hybridized carbons (Fsp3) is 0.120. The van der Waals surface area contributed by atoms with Gasteiger partial charge in [0.25, 0.3) is 11.1 Å². The van der Waals surface area contributed by atoms with E-state index in [0.717, 1.165) is 22.2 Å². The molecule has 0 N–H and O–H groups in total. The number of rotatable bonds is 7. The fourth-order valence-corrected chi connectivity index (χ4v) is 5.12. The smallest absolute Gasteiger partial charge is 0.298 e. The van der Waals surface area contributed by atoms with Gasteiger partial charge >= 0.3 is 0 Å². The molecule has 0 aromatic heterocycles. The second-order valence-corrected chi connectivity index (χ2v) is 10.4. The number of ether oxygens (including phenoxy) is 2. The van der Waals surface area contributed by atoms with Crippen LogP contribution in [0.25, 0.3) is 6.08 Å². The summed E-state index contributed by atoms with van der Waals surface area (Å²) in [6.45, 7) is 2.48. The average molecular weight is 614 g/mol. The predicted octanol–water partition coefficient (Wildman–Crippen LogP) is 8.63. The molecule has 4 rings (SSSR count). The van der Waals surface area contributed by atoms with Crippen molar-refractivity contribution in [2.45, 2.75) is 13.5 Å². The number of amides is 2. The number of halogens is 4. The van der Waals surface area contributed by atoms with E-state index in [1.165, 1.54) is 0 Å². The van der Waals surface area contributed by atoms with Gasteiger partial charge in [0.2, 0.25) is 0 Å². The Morgan fingerprint density at radius 1 is 0.943 bits per heavy atom. The number of hydrogen-bond acceptors (Lipinski definition) is 5. The largest absolute Gasteiger partial charge is 0.490 e. The lowest BCUT2D eigenvalue weighted by Gasteiger charge is -2.15. The van der Waals surface area contributed by atoms with E-state index in [4.69, 9.17) is 44.3 Å². The van der Waals surface area contributed by atoms with Gasteiger partial charge in [0.15, 0.2) is 11.5 Å². The van der Waals surface area contributed by atoms with E-state index in [1.54, 1.807) is 60.7 Å². The third-order valence-electron chi connectivity index (χ3n) is 4.93. The van der Waals surface area contributed by atoms with Crippen LogP contribution in [-0.2, 0) is 11.4 Å². The normalized spacial score (nSPS) is 14.7. The highest BCUT2D eigenvalue weighted by Crippen LogP contribution is 2.40. The maximum atomic E-state index is 13.0. The van der Waals surface area contributed by atoms with Crippen molar-refractivity contribution in [2.75, 3.05) is 11.5 Å². The van der Waals surface area contributed by atoms with Gasteiger partial charge in [-0.3, -0.25) is 9.59 Å². The zero-order valence-electron chi connectivity index (χ0n) is 18.2. The molecule has 3 aromatic rings. The van der Waals surface area contributed by atoms with Crippen LogP contribution in [0.3, 0.4) is 0 Å². The fourth-order valence-electron chi connectivity index (χ4n) is 3.26. The number of benzene rings is 3. The van der Waals surface area contributed by atoms with Crippen LogP contribution in [-0.4, -0.2) is 17.8 Å². The summed E-state index contributed by atoms with van der Waals surface area (Å²) >= 11 is 22.5. The maximum Gasteiger partial charge on any atom is 0.298 e. The minimum absolute atomic E-state index is 0.210. The Morgan fingerprint density at radius 3 is 2.31 bits per heavy atom. The topological polar surface area (TPSA) is 55.8 Å². The van der Waals surface area contributed by atoms with Crippen LogP contribution in [0.2, 0.25) is 15.1 Å². The van der Waals surface area contributed by atoms with Crippen molar-refractivity contribution in [2.24, 2.45) is 0 Å². The molecule has 5 nitrogen and oxygen atoms in total. The summed E-state index contributed by atoms with van der Waals surface area (Å²) in [5.74, 6) is 0.574. The third kappa shape index (κ3) is 5.98. The van der Waals surface area contributed by atoms with E-state index in [-0.39, 0.29) is 16.8 Å². The first-order chi connectivity index (χ1) is 16.8. The molecule has 1 fully saturated rings. The van der Waals surface area contributed by atoms with E-state index in [1.807, 2.05) is 6.92 Å². The summed E-state index contributed by atoms with van der Waals surface area (Å²) in [6.07, 6.45) is 1.65. The SMILES string of the molecule is CCOc1cc(/C=C2/SC(=O)N(c3ccc(Cl)cc3)C2=O)c(Br)cc1OCc1ccc(Cl)cc1Cl. The summed E-state index contributed by atoms with van der Waals surface area (Å²) in [5.41, 5.74) is 1.89. The Hall–Kier alpha value is -2.16. The lowest BCUT2D eigenvalue weighted by Crippen LogP contribution is -2.27. The van der Waals surface area contributed by atoms with Gasteiger partial charge in [0.05, 0.1) is 17.2 Å². The molecule has 2 amide bonds. The van der Waals surface area contributed by atoms with Crippen molar-refractivity contribution in [3.63, 3.8) is 0 Å². The van der Waals surface area contributed by atoms with Gasteiger partial charge in [-0.05, 0) is 78.9 Å². The molecule has 0 radical (unpaired) electrons. The van der Waals surface area contributed by atoms with Crippen molar-refractivity contribution >= 4 is 85.4 Å². The second kappa shape index (κ2) is 11.3. The highest BCUT2D eigenvalue weighted by Gasteiger charge is 2.36. The Morgan fingerprint density at radius 2 is 1.63 bits per heavy atom. The van der Waals surface area contributed by atoms with Crippen LogP contribution in [0.15, 0.2) is 64.0 Å². The third-order valence-corrected chi connectivity index (χ3v) is 7.32. The molecule has 10 heteroatoms. The number of carbonyl (C=O) groups excluding carboxylic acids is 2. The summed E-state index contributed by atoms with van der Waals surface area (Å²) in [5, 5.41) is 1.18. The maximum absolute atomic E-state index is 13.0. The molecule has 0 aliphatic carbocycles. The zero-order chi connectivity index (χ0) is 25.1. The van der Waals surface area contributed by atoms with Crippen LogP contribution in [0.4, 0.5) is 10.5 Å². The molecule has 1 aliphatic rings. The number of nitrogens with zero attached hydrogens (tertiary/aromatic N) is 1. The molecule has 3 aromatic carbocycles. The van der Waals surface area contributed by atoms with Gasteiger partial charge in [-0.1, -0.05) is 56.8 Å². The molecule has 0 bridgehead atoms. The molecular weight excluding hydrogens is 597 g/mol. The summed E-state index contributed by atoms with van der Waals surface area (Å²) in [4.78, 5) is 27.0. The monoisotopic (exact) mass is 611 g/mol. The van der Waals surface area contributed by atoms with E-state index < -0.39 is 5.91 Å². The van der Waals surface area contributed by atoms with Crippen molar-refractivity contribution in [3.05, 3.63) is 90.2 Å². The van der Waals surface area contributed by atoms with Gasteiger partial charge in [0, 0.05) is 25.1 Å². The minimum Gasteiger partial charge on any atom is -0.490 e. The standard InChI is InChI=1S/C25H17BrCl3NO4S/c1-2-33-21-9-15(19(26)12-22(21)34-13-14-3-4-17(28)11-20(14)29)10-23-24(31)30(25(32)35-23)18-7-5-16(27)6-8-18/h3-12H,2,13H2,1H3/b23-10+. The Labute approximate surface area is 230 Å². The van der Waals surface area contributed by atoms with Crippen LogP contribution in [0, 0.1) is 0 Å². The quantitative estimate of drug-likeness (QED) is 0.250. The lowest BCUT2D eigenvalue weighted by atomic mass is 10.1. The Kier molecular flexibility index (Phi) is 8.34. The van der Waals surface area contributed by atoms with Gasteiger partial charge < -0.3 is 9.47 Å². The summed E-state index contributed by atoms with van der Waals surface area (Å²) in [7, 11) is 0. The molecular formula is C25H17BrCl3NO4S. The van der Waals surface area contributed by atoms with Gasteiger partial charge in [-0.2, -0.15) is 0 Å². The molecule has 1 heterocycles. The number of imide groups is 1. The molecule has 1 aliphatic heterocycles. The van der Waals surface area contributed by atoms with Crippen molar-refractivity contribution < 1.29 is 19.1 Å². The number of hydrogen-bond donors (Lipinski definition) is 0. The van der Waals surface area contributed by atoms with E-state index in [0.29, 0.717) is 48.9 Å². The molecule has 180 valence electrons. The van der Waals surface area contributed by atoms with E-state index in [9.17, 15) is 9.59 Å².